The van der Waals surface area contributed by atoms with Gasteiger partial charge >= 0.3 is 0 Å². The van der Waals surface area contributed by atoms with Crippen LogP contribution in [0.1, 0.15) is 13.8 Å². The topological polar surface area (TPSA) is 12.5 Å². The van der Waals surface area contributed by atoms with Gasteiger partial charge in [0.05, 0.1) is 0 Å². The highest BCUT2D eigenvalue weighted by atomic mass is 79.9. The van der Waals surface area contributed by atoms with Crippen molar-refractivity contribution in [3.63, 3.8) is 0 Å². The molecule has 0 bridgehead atoms. The third-order valence-electron chi connectivity index (χ3n) is 3.12. The van der Waals surface area contributed by atoms with Crippen molar-refractivity contribution in [2.75, 3.05) is 20.6 Å². The summed E-state index contributed by atoms with van der Waals surface area (Å²) in [5.74, 6) is 0.905. The second-order valence-corrected chi connectivity index (χ2v) is 7.05. The summed E-state index contributed by atoms with van der Waals surface area (Å²) in [6.07, 6.45) is 0. The van der Waals surface area contributed by atoms with Gasteiger partial charge in [0.2, 0.25) is 0 Å². The largest absolute Gasteiger partial charge is 0.487 e. The van der Waals surface area contributed by atoms with Crippen LogP contribution in [-0.2, 0) is 0 Å². The first-order chi connectivity index (χ1) is 9.85. The van der Waals surface area contributed by atoms with Crippen molar-refractivity contribution < 1.29 is 4.74 Å². The lowest BCUT2D eigenvalue weighted by Crippen LogP contribution is -2.39. The van der Waals surface area contributed by atoms with Crippen LogP contribution in [0.3, 0.4) is 0 Å². The van der Waals surface area contributed by atoms with Crippen LogP contribution < -0.4 is 4.74 Å². The van der Waals surface area contributed by atoms with Gasteiger partial charge in [-0.3, -0.25) is 0 Å². The summed E-state index contributed by atoms with van der Waals surface area (Å²) in [4.78, 5) is 2.14. The molecule has 3 heteroatoms. The molecule has 0 unspecified atom stereocenters. The van der Waals surface area contributed by atoms with Crippen LogP contribution in [0.25, 0.3) is 11.1 Å². The van der Waals surface area contributed by atoms with Crippen molar-refractivity contribution in [2.45, 2.75) is 19.4 Å². The third-order valence-corrected chi connectivity index (χ3v) is 3.65. The van der Waals surface area contributed by atoms with Gasteiger partial charge in [-0.05, 0) is 63.3 Å². The monoisotopic (exact) mass is 347 g/mol. The average Bonchev–Trinajstić information content (AvgIpc) is 2.38. The highest BCUT2D eigenvalue weighted by Gasteiger charge is 2.20. The minimum Gasteiger partial charge on any atom is -0.487 e. The van der Waals surface area contributed by atoms with Gasteiger partial charge in [0, 0.05) is 11.0 Å². The number of ether oxygens (including phenoxy) is 1. The molecule has 0 aliphatic heterocycles. The van der Waals surface area contributed by atoms with Crippen LogP contribution in [0.15, 0.2) is 53.0 Å². The van der Waals surface area contributed by atoms with Crippen LogP contribution in [0, 0.1) is 0 Å². The lowest BCUT2D eigenvalue weighted by Gasteiger charge is -2.29. The maximum atomic E-state index is 6.07. The lowest BCUT2D eigenvalue weighted by atomic mass is 10.1. The molecule has 0 N–H and O–H groups in total. The summed E-state index contributed by atoms with van der Waals surface area (Å²) < 4.78 is 7.17. The first kappa shape index (κ1) is 16.1. The van der Waals surface area contributed by atoms with Crippen molar-refractivity contribution in [1.82, 2.24) is 4.90 Å². The normalized spacial score (nSPS) is 11.7. The van der Waals surface area contributed by atoms with Gasteiger partial charge in [-0.1, -0.05) is 40.2 Å². The van der Waals surface area contributed by atoms with Gasteiger partial charge in [0.1, 0.15) is 11.4 Å². The quantitative estimate of drug-likeness (QED) is 0.767. The number of hydrogen-bond acceptors (Lipinski definition) is 2. The number of rotatable bonds is 5. The zero-order valence-corrected chi connectivity index (χ0v) is 14.6. The first-order valence-corrected chi connectivity index (χ1v) is 7.85. The number of nitrogens with zero attached hydrogens (tertiary/aromatic N) is 1. The summed E-state index contributed by atoms with van der Waals surface area (Å²) in [7, 11) is 4.11. The minimum absolute atomic E-state index is 0.206. The molecule has 2 nitrogen and oxygen atoms in total. The fraction of sp³-hybridized carbons (Fsp3) is 0.333. The average molecular weight is 348 g/mol. The van der Waals surface area contributed by atoms with E-state index in [-0.39, 0.29) is 5.60 Å². The fourth-order valence-corrected chi connectivity index (χ4v) is 2.73. The molecule has 0 saturated heterocycles. The van der Waals surface area contributed by atoms with E-state index in [0.717, 1.165) is 16.8 Å². The molecular formula is C18H22BrNO. The van der Waals surface area contributed by atoms with E-state index in [0.29, 0.717) is 0 Å². The molecule has 21 heavy (non-hydrogen) atoms. The Kier molecular flexibility index (Phi) is 5.07. The van der Waals surface area contributed by atoms with E-state index in [1.165, 1.54) is 11.1 Å². The van der Waals surface area contributed by atoms with Crippen LogP contribution in [0.2, 0.25) is 0 Å². The Balaban J connectivity index is 2.10. The van der Waals surface area contributed by atoms with Crippen LogP contribution in [0.5, 0.6) is 5.75 Å². The second kappa shape index (κ2) is 6.63. The first-order valence-electron chi connectivity index (χ1n) is 7.05. The Hall–Kier alpha value is -1.32. The molecule has 2 aromatic rings. The van der Waals surface area contributed by atoms with Crippen molar-refractivity contribution in [2.24, 2.45) is 0 Å². The molecule has 0 aliphatic rings. The van der Waals surface area contributed by atoms with E-state index < -0.39 is 0 Å². The number of hydrogen-bond donors (Lipinski definition) is 0. The smallest absolute Gasteiger partial charge is 0.120 e. The van der Waals surface area contributed by atoms with Crippen LogP contribution in [0.4, 0.5) is 0 Å². The van der Waals surface area contributed by atoms with E-state index in [4.69, 9.17) is 4.74 Å². The number of benzene rings is 2. The Labute approximate surface area is 135 Å². The molecule has 0 aromatic heterocycles. The van der Waals surface area contributed by atoms with Gasteiger partial charge in [-0.25, -0.2) is 0 Å². The van der Waals surface area contributed by atoms with Crippen LogP contribution >= 0.6 is 15.9 Å². The third kappa shape index (κ3) is 4.87. The molecule has 0 fully saturated rings. The van der Waals surface area contributed by atoms with Gasteiger partial charge in [0.15, 0.2) is 0 Å². The number of halogens is 1. The van der Waals surface area contributed by atoms with Gasteiger partial charge < -0.3 is 9.64 Å². The summed E-state index contributed by atoms with van der Waals surface area (Å²) in [5.41, 5.74) is 2.19. The Morgan fingerprint density at radius 1 is 0.905 bits per heavy atom. The van der Waals surface area contributed by atoms with Crippen molar-refractivity contribution in [3.8, 4) is 16.9 Å². The summed E-state index contributed by atoms with van der Waals surface area (Å²) in [6.45, 7) is 5.09. The summed E-state index contributed by atoms with van der Waals surface area (Å²) in [5, 5.41) is 0. The molecule has 0 saturated carbocycles. The Morgan fingerprint density at radius 3 is 1.86 bits per heavy atom. The maximum Gasteiger partial charge on any atom is 0.120 e. The second-order valence-electron chi connectivity index (χ2n) is 6.13. The van der Waals surface area contributed by atoms with E-state index in [2.05, 4.69) is 85.2 Å². The molecule has 112 valence electrons. The van der Waals surface area contributed by atoms with Crippen molar-refractivity contribution in [1.29, 1.82) is 0 Å². The zero-order valence-electron chi connectivity index (χ0n) is 13.1. The van der Waals surface area contributed by atoms with Gasteiger partial charge in [0.25, 0.3) is 0 Å². The molecule has 0 heterocycles. The highest BCUT2D eigenvalue weighted by Crippen LogP contribution is 2.26. The molecule has 0 aliphatic carbocycles. The van der Waals surface area contributed by atoms with E-state index >= 15 is 0 Å². The SMILES string of the molecule is CN(C)CC(C)(C)Oc1ccc(-c2ccc(Br)cc2)cc1. The zero-order chi connectivity index (χ0) is 15.5. The predicted molar refractivity (Wildman–Crippen MR) is 92.8 cm³/mol. The summed E-state index contributed by atoms with van der Waals surface area (Å²) in [6, 6.07) is 16.6. The van der Waals surface area contributed by atoms with Crippen molar-refractivity contribution in [3.05, 3.63) is 53.0 Å². The fourth-order valence-electron chi connectivity index (χ4n) is 2.47. The summed E-state index contributed by atoms with van der Waals surface area (Å²) >= 11 is 3.46. The molecule has 0 radical (unpaired) electrons. The molecule has 2 rings (SSSR count). The Bertz CT molecular complexity index is 573. The predicted octanol–water partition coefficient (Wildman–Crippen LogP) is 4.84. The van der Waals surface area contributed by atoms with E-state index in [1.807, 2.05) is 12.1 Å². The molecule has 0 amide bonds. The lowest BCUT2D eigenvalue weighted by molar-refractivity contribution is 0.0775. The maximum absolute atomic E-state index is 6.07. The van der Waals surface area contributed by atoms with E-state index in [1.54, 1.807) is 0 Å². The molecule has 0 spiro atoms. The van der Waals surface area contributed by atoms with Crippen LogP contribution in [-0.4, -0.2) is 31.1 Å². The molecule has 0 atom stereocenters. The number of likely N-dealkylation sites (N-methyl/N-ethyl adjacent to an activating group) is 1. The Morgan fingerprint density at radius 2 is 1.38 bits per heavy atom. The van der Waals surface area contributed by atoms with Gasteiger partial charge in [-0.15, -0.1) is 0 Å². The molecule has 2 aromatic carbocycles. The highest BCUT2D eigenvalue weighted by molar-refractivity contribution is 9.10. The minimum atomic E-state index is -0.206. The van der Waals surface area contributed by atoms with Gasteiger partial charge in [-0.2, -0.15) is 0 Å². The molecular weight excluding hydrogens is 326 g/mol. The standard InChI is InChI=1S/C18H22BrNO/c1-18(2,13-20(3)4)21-17-11-7-15(8-12-17)14-5-9-16(19)10-6-14/h5-12H,13H2,1-4H3. The van der Waals surface area contributed by atoms with Crippen molar-refractivity contribution >= 4 is 15.9 Å². The van der Waals surface area contributed by atoms with E-state index in [9.17, 15) is 0 Å².